The second-order valence-corrected chi connectivity index (χ2v) is 6.60. The van der Waals surface area contributed by atoms with E-state index in [9.17, 15) is 19.2 Å². The molecule has 8 heteroatoms. The number of aryl methyl sites for hydroxylation is 1. The normalized spacial score (nSPS) is 11.9. The number of esters is 1. The van der Waals surface area contributed by atoms with Crippen LogP contribution in [0.3, 0.4) is 0 Å². The quantitative estimate of drug-likeness (QED) is 0.476. The molecule has 0 aliphatic carbocycles. The molecule has 0 heterocycles. The smallest absolute Gasteiger partial charge is 0.338 e. The van der Waals surface area contributed by atoms with Crippen LogP contribution < -0.4 is 10.6 Å². The van der Waals surface area contributed by atoms with Crippen LogP contribution in [0, 0.1) is 6.92 Å². The molecule has 0 fully saturated rings. The number of anilines is 2. The molecule has 8 nitrogen and oxygen atoms in total. The Bertz CT molecular complexity index is 978. The summed E-state index contributed by atoms with van der Waals surface area (Å²) in [7, 11) is 0. The van der Waals surface area contributed by atoms with Gasteiger partial charge in [0, 0.05) is 23.0 Å². The SMILES string of the molecule is C/C(=C/C(=O)Nc1ccc(C(=O)O[C@H](C)C(=O)Nc2ccc(C)cc2)cc1)C(=O)O. The van der Waals surface area contributed by atoms with Crippen molar-refractivity contribution in [1.29, 1.82) is 0 Å². The molecule has 0 saturated heterocycles. The fourth-order valence-corrected chi connectivity index (χ4v) is 2.29. The molecule has 0 bridgehead atoms. The molecule has 30 heavy (non-hydrogen) atoms. The zero-order valence-corrected chi connectivity index (χ0v) is 16.8. The lowest BCUT2D eigenvalue weighted by molar-refractivity contribution is -0.132. The summed E-state index contributed by atoms with van der Waals surface area (Å²) < 4.78 is 5.18. The first-order chi connectivity index (χ1) is 14.2. The number of hydrogen-bond donors (Lipinski definition) is 3. The molecule has 0 aromatic heterocycles. The van der Waals surface area contributed by atoms with Gasteiger partial charge in [0.15, 0.2) is 6.10 Å². The van der Waals surface area contributed by atoms with Crippen molar-refractivity contribution in [3.8, 4) is 0 Å². The largest absolute Gasteiger partial charge is 0.478 e. The van der Waals surface area contributed by atoms with Crippen molar-refractivity contribution >= 4 is 35.1 Å². The molecule has 2 aromatic rings. The van der Waals surface area contributed by atoms with Crippen LogP contribution in [0.4, 0.5) is 11.4 Å². The lowest BCUT2D eigenvalue weighted by Gasteiger charge is -2.14. The summed E-state index contributed by atoms with van der Waals surface area (Å²) in [6.07, 6.45) is -0.0546. The first-order valence-electron chi connectivity index (χ1n) is 9.07. The number of nitrogens with one attached hydrogen (secondary N) is 2. The third-order valence-electron chi connectivity index (χ3n) is 4.05. The van der Waals surface area contributed by atoms with Gasteiger partial charge in [0.25, 0.3) is 5.91 Å². The number of amides is 2. The topological polar surface area (TPSA) is 122 Å². The van der Waals surface area contributed by atoms with Crippen LogP contribution in [-0.4, -0.2) is 35.0 Å². The number of rotatable bonds is 7. The van der Waals surface area contributed by atoms with E-state index < -0.39 is 29.9 Å². The summed E-state index contributed by atoms with van der Waals surface area (Å²) in [6.45, 7) is 4.70. The highest BCUT2D eigenvalue weighted by Gasteiger charge is 2.19. The van der Waals surface area contributed by atoms with E-state index >= 15 is 0 Å². The molecule has 0 spiro atoms. The lowest BCUT2D eigenvalue weighted by Crippen LogP contribution is -2.30. The number of aliphatic carboxylic acids is 1. The van der Waals surface area contributed by atoms with Crippen molar-refractivity contribution in [2.45, 2.75) is 26.9 Å². The van der Waals surface area contributed by atoms with Gasteiger partial charge in [0.05, 0.1) is 5.56 Å². The van der Waals surface area contributed by atoms with Crippen molar-refractivity contribution in [3.05, 3.63) is 71.3 Å². The molecule has 0 aliphatic heterocycles. The molecular weight excluding hydrogens is 388 g/mol. The molecule has 0 unspecified atom stereocenters. The van der Waals surface area contributed by atoms with E-state index in [-0.39, 0.29) is 11.1 Å². The Labute approximate surface area is 173 Å². The first kappa shape index (κ1) is 22.4. The van der Waals surface area contributed by atoms with Crippen LogP contribution in [-0.2, 0) is 19.1 Å². The second-order valence-electron chi connectivity index (χ2n) is 6.60. The Kier molecular flexibility index (Phi) is 7.46. The minimum Gasteiger partial charge on any atom is -0.478 e. The Morgan fingerprint density at radius 1 is 0.933 bits per heavy atom. The molecule has 156 valence electrons. The van der Waals surface area contributed by atoms with Gasteiger partial charge >= 0.3 is 11.9 Å². The number of carboxylic acid groups (broad SMARTS) is 1. The van der Waals surface area contributed by atoms with Gasteiger partial charge in [-0.3, -0.25) is 9.59 Å². The van der Waals surface area contributed by atoms with E-state index in [0.717, 1.165) is 11.6 Å². The fraction of sp³-hybridized carbons (Fsp3) is 0.182. The Morgan fingerprint density at radius 2 is 1.47 bits per heavy atom. The minimum absolute atomic E-state index is 0.106. The zero-order valence-electron chi connectivity index (χ0n) is 16.8. The maximum Gasteiger partial charge on any atom is 0.338 e. The molecule has 1 atom stereocenters. The Balaban J connectivity index is 1.92. The van der Waals surface area contributed by atoms with E-state index in [2.05, 4.69) is 10.6 Å². The Morgan fingerprint density at radius 3 is 2.03 bits per heavy atom. The third-order valence-corrected chi connectivity index (χ3v) is 4.05. The molecule has 2 rings (SSSR count). The standard InChI is InChI=1S/C22H22N2O6/c1-13-4-8-18(9-5-13)24-20(26)15(3)30-22(29)16-6-10-17(11-7-16)23-19(25)12-14(2)21(27)28/h4-12,15H,1-3H3,(H,23,25)(H,24,26)(H,27,28)/b14-12-/t15-/m1/s1. The van der Waals surface area contributed by atoms with Gasteiger partial charge in [0.1, 0.15) is 0 Å². The molecule has 3 N–H and O–H groups in total. The number of carbonyl (C=O) groups excluding carboxylic acids is 3. The summed E-state index contributed by atoms with van der Waals surface area (Å²) in [5, 5.41) is 13.9. The lowest BCUT2D eigenvalue weighted by atomic mass is 10.2. The molecule has 2 amide bonds. The summed E-state index contributed by atoms with van der Waals surface area (Å²) in [6, 6.07) is 13.0. The van der Waals surface area contributed by atoms with Gasteiger partial charge in [-0.25, -0.2) is 9.59 Å². The highest BCUT2D eigenvalue weighted by molar-refractivity contribution is 6.04. The maximum absolute atomic E-state index is 12.2. The van der Waals surface area contributed by atoms with Crippen LogP contribution in [0.1, 0.15) is 29.8 Å². The number of carbonyl (C=O) groups is 4. The summed E-state index contributed by atoms with van der Waals surface area (Å²) in [5.41, 5.74) is 2.11. The van der Waals surface area contributed by atoms with Crippen molar-refractivity contribution in [2.75, 3.05) is 10.6 Å². The fourth-order valence-electron chi connectivity index (χ4n) is 2.29. The van der Waals surface area contributed by atoms with Gasteiger partial charge in [0.2, 0.25) is 5.91 Å². The van der Waals surface area contributed by atoms with Crippen molar-refractivity contribution in [2.24, 2.45) is 0 Å². The van der Waals surface area contributed by atoms with E-state index in [4.69, 9.17) is 9.84 Å². The predicted molar refractivity (Wildman–Crippen MR) is 111 cm³/mol. The molecule has 0 saturated carbocycles. The third kappa shape index (κ3) is 6.59. The van der Waals surface area contributed by atoms with Crippen LogP contribution in [0.15, 0.2) is 60.2 Å². The van der Waals surface area contributed by atoms with Crippen molar-refractivity contribution in [1.82, 2.24) is 0 Å². The number of hydrogen-bond acceptors (Lipinski definition) is 5. The van der Waals surface area contributed by atoms with Gasteiger partial charge in [-0.2, -0.15) is 0 Å². The maximum atomic E-state index is 12.2. The number of carboxylic acids is 1. The highest BCUT2D eigenvalue weighted by Crippen LogP contribution is 2.13. The summed E-state index contributed by atoms with van der Waals surface area (Å²) in [4.78, 5) is 46.9. The van der Waals surface area contributed by atoms with E-state index in [1.807, 2.05) is 19.1 Å². The molecule has 0 aliphatic rings. The highest BCUT2D eigenvalue weighted by atomic mass is 16.5. The number of benzene rings is 2. The summed E-state index contributed by atoms with van der Waals surface area (Å²) in [5.74, 6) is -2.95. The molecule has 0 radical (unpaired) electrons. The Hall–Kier alpha value is -3.94. The number of ether oxygens (including phenoxy) is 1. The average molecular weight is 410 g/mol. The van der Waals surface area contributed by atoms with Crippen LogP contribution in [0.5, 0.6) is 0 Å². The van der Waals surface area contributed by atoms with E-state index in [1.165, 1.54) is 38.1 Å². The van der Waals surface area contributed by atoms with Gasteiger partial charge < -0.3 is 20.5 Å². The monoisotopic (exact) mass is 410 g/mol. The van der Waals surface area contributed by atoms with Gasteiger partial charge in [-0.05, 0) is 57.2 Å². The first-order valence-corrected chi connectivity index (χ1v) is 9.07. The van der Waals surface area contributed by atoms with Crippen molar-refractivity contribution < 1.29 is 29.0 Å². The van der Waals surface area contributed by atoms with E-state index in [0.29, 0.717) is 11.4 Å². The average Bonchev–Trinajstić information content (AvgIpc) is 2.69. The molecule has 2 aromatic carbocycles. The second kappa shape index (κ2) is 10.0. The summed E-state index contributed by atoms with van der Waals surface area (Å²) >= 11 is 0. The van der Waals surface area contributed by atoms with E-state index in [1.54, 1.807) is 12.1 Å². The van der Waals surface area contributed by atoms with Gasteiger partial charge in [-0.15, -0.1) is 0 Å². The van der Waals surface area contributed by atoms with Crippen molar-refractivity contribution in [3.63, 3.8) is 0 Å². The van der Waals surface area contributed by atoms with Crippen LogP contribution in [0.25, 0.3) is 0 Å². The van der Waals surface area contributed by atoms with Crippen LogP contribution in [0.2, 0.25) is 0 Å². The zero-order chi connectivity index (χ0) is 22.3. The van der Waals surface area contributed by atoms with Gasteiger partial charge in [-0.1, -0.05) is 17.7 Å². The predicted octanol–water partition coefficient (Wildman–Crippen LogP) is 3.15. The minimum atomic E-state index is -1.19. The molecular formula is C22H22N2O6. The van der Waals surface area contributed by atoms with Crippen LogP contribution >= 0.6 is 0 Å².